The number of ether oxygens (including phenoxy) is 1. The van der Waals surface area contributed by atoms with E-state index in [9.17, 15) is 5.11 Å². The van der Waals surface area contributed by atoms with Gasteiger partial charge in [-0.25, -0.2) is 0 Å². The van der Waals surface area contributed by atoms with Gasteiger partial charge in [-0.15, -0.1) is 0 Å². The van der Waals surface area contributed by atoms with Crippen LogP contribution in [0.5, 0.6) is 0 Å². The standard InChI is InChI=1S/C14H26N2O2/c17-11-14(4-8-18-12-14)10-15-7-3-13(9-15)16-5-1-2-6-16/h13,17H,1-12H2. The van der Waals surface area contributed by atoms with E-state index in [4.69, 9.17) is 4.74 Å². The Morgan fingerprint density at radius 2 is 2.06 bits per heavy atom. The Balaban J connectivity index is 1.52. The van der Waals surface area contributed by atoms with Crippen molar-refractivity contribution in [2.75, 3.05) is 52.5 Å². The molecule has 4 heteroatoms. The molecule has 3 saturated heterocycles. The topological polar surface area (TPSA) is 35.9 Å². The van der Waals surface area contributed by atoms with Gasteiger partial charge in [-0.3, -0.25) is 4.90 Å². The Morgan fingerprint density at radius 3 is 2.72 bits per heavy atom. The average molecular weight is 254 g/mol. The van der Waals surface area contributed by atoms with Crippen molar-refractivity contribution in [2.24, 2.45) is 5.41 Å². The highest BCUT2D eigenvalue weighted by molar-refractivity contribution is 4.91. The molecule has 0 saturated carbocycles. The molecule has 0 amide bonds. The zero-order valence-electron chi connectivity index (χ0n) is 11.3. The lowest BCUT2D eigenvalue weighted by atomic mass is 9.88. The highest BCUT2D eigenvalue weighted by Gasteiger charge is 2.38. The van der Waals surface area contributed by atoms with Gasteiger partial charge in [-0.2, -0.15) is 0 Å². The molecular weight excluding hydrogens is 228 g/mol. The minimum absolute atomic E-state index is 0.0277. The molecule has 0 aromatic heterocycles. The van der Waals surface area contributed by atoms with E-state index < -0.39 is 0 Å². The summed E-state index contributed by atoms with van der Waals surface area (Å²) in [6.45, 7) is 7.86. The highest BCUT2D eigenvalue weighted by atomic mass is 16.5. The second-order valence-corrected chi connectivity index (χ2v) is 6.38. The van der Waals surface area contributed by atoms with Crippen molar-refractivity contribution >= 4 is 0 Å². The van der Waals surface area contributed by atoms with Crippen LogP contribution in [0.25, 0.3) is 0 Å². The zero-order chi connectivity index (χ0) is 12.4. The van der Waals surface area contributed by atoms with Gasteiger partial charge in [0, 0.05) is 31.2 Å². The summed E-state index contributed by atoms with van der Waals surface area (Å²) >= 11 is 0. The molecule has 2 unspecified atom stereocenters. The molecule has 3 fully saturated rings. The summed E-state index contributed by atoms with van der Waals surface area (Å²) in [4.78, 5) is 5.21. The van der Waals surface area contributed by atoms with Crippen LogP contribution in [0.4, 0.5) is 0 Å². The molecule has 0 radical (unpaired) electrons. The second-order valence-electron chi connectivity index (χ2n) is 6.38. The molecule has 3 aliphatic heterocycles. The number of rotatable bonds is 4. The van der Waals surface area contributed by atoms with E-state index in [1.54, 1.807) is 0 Å². The molecule has 18 heavy (non-hydrogen) atoms. The molecular formula is C14H26N2O2. The summed E-state index contributed by atoms with van der Waals surface area (Å²) in [5, 5.41) is 9.64. The van der Waals surface area contributed by atoms with Crippen molar-refractivity contribution in [2.45, 2.75) is 31.7 Å². The highest BCUT2D eigenvalue weighted by Crippen LogP contribution is 2.31. The van der Waals surface area contributed by atoms with E-state index in [-0.39, 0.29) is 12.0 Å². The van der Waals surface area contributed by atoms with Gasteiger partial charge in [-0.05, 0) is 45.3 Å². The third-order valence-electron chi connectivity index (χ3n) is 4.98. The first-order valence-electron chi connectivity index (χ1n) is 7.46. The van der Waals surface area contributed by atoms with Crippen molar-refractivity contribution < 1.29 is 9.84 Å². The van der Waals surface area contributed by atoms with Gasteiger partial charge in [0.05, 0.1) is 13.2 Å². The summed E-state index contributed by atoms with van der Waals surface area (Å²) < 4.78 is 5.49. The number of likely N-dealkylation sites (tertiary alicyclic amines) is 2. The Hall–Kier alpha value is -0.160. The first-order chi connectivity index (χ1) is 8.81. The van der Waals surface area contributed by atoms with E-state index in [1.165, 1.54) is 45.4 Å². The third-order valence-corrected chi connectivity index (χ3v) is 4.98. The van der Waals surface area contributed by atoms with Crippen molar-refractivity contribution in [3.05, 3.63) is 0 Å². The summed E-state index contributed by atoms with van der Waals surface area (Å²) in [6.07, 6.45) is 5.09. The lowest BCUT2D eigenvalue weighted by Crippen LogP contribution is -2.42. The fourth-order valence-electron chi connectivity index (χ4n) is 3.78. The van der Waals surface area contributed by atoms with Gasteiger partial charge >= 0.3 is 0 Å². The zero-order valence-corrected chi connectivity index (χ0v) is 11.3. The Labute approximate surface area is 110 Å². The normalized spacial score (nSPS) is 38.8. The van der Waals surface area contributed by atoms with Crippen LogP contribution in [0, 0.1) is 5.41 Å². The van der Waals surface area contributed by atoms with Crippen LogP contribution < -0.4 is 0 Å². The predicted molar refractivity (Wildman–Crippen MR) is 70.6 cm³/mol. The summed E-state index contributed by atoms with van der Waals surface area (Å²) in [5.41, 5.74) is 0.0277. The smallest absolute Gasteiger partial charge is 0.0557 e. The lowest BCUT2D eigenvalue weighted by molar-refractivity contribution is 0.0616. The van der Waals surface area contributed by atoms with Crippen LogP contribution in [0.3, 0.4) is 0 Å². The maximum absolute atomic E-state index is 9.64. The SMILES string of the molecule is OCC1(CN2CCC(N3CCCC3)C2)CCOC1. The Morgan fingerprint density at radius 1 is 1.22 bits per heavy atom. The minimum Gasteiger partial charge on any atom is -0.396 e. The van der Waals surface area contributed by atoms with Crippen molar-refractivity contribution in [1.29, 1.82) is 0 Å². The first kappa shape index (κ1) is 12.9. The molecule has 3 aliphatic rings. The van der Waals surface area contributed by atoms with E-state index in [0.29, 0.717) is 0 Å². The van der Waals surface area contributed by atoms with Crippen LogP contribution in [0.1, 0.15) is 25.7 Å². The van der Waals surface area contributed by atoms with Crippen LogP contribution in [0.15, 0.2) is 0 Å². The Kier molecular flexibility index (Phi) is 3.89. The molecule has 0 aromatic rings. The molecule has 4 nitrogen and oxygen atoms in total. The molecule has 104 valence electrons. The van der Waals surface area contributed by atoms with Crippen molar-refractivity contribution in [3.63, 3.8) is 0 Å². The molecule has 3 rings (SSSR count). The maximum atomic E-state index is 9.64. The summed E-state index contributed by atoms with van der Waals surface area (Å²) in [6, 6.07) is 0.769. The molecule has 3 heterocycles. The quantitative estimate of drug-likeness (QED) is 0.795. The number of nitrogens with zero attached hydrogens (tertiary/aromatic N) is 2. The van der Waals surface area contributed by atoms with Gasteiger partial charge in [0.25, 0.3) is 0 Å². The summed E-state index contributed by atoms with van der Waals surface area (Å²) in [5.74, 6) is 0. The van der Waals surface area contributed by atoms with E-state index in [0.717, 1.165) is 32.2 Å². The van der Waals surface area contributed by atoms with Gasteiger partial charge in [0.2, 0.25) is 0 Å². The maximum Gasteiger partial charge on any atom is 0.0557 e. The largest absolute Gasteiger partial charge is 0.396 e. The summed E-state index contributed by atoms with van der Waals surface area (Å²) in [7, 11) is 0. The molecule has 0 aromatic carbocycles. The number of aliphatic hydroxyl groups excluding tert-OH is 1. The van der Waals surface area contributed by atoms with Crippen molar-refractivity contribution in [1.82, 2.24) is 9.80 Å². The van der Waals surface area contributed by atoms with Gasteiger partial charge in [-0.1, -0.05) is 0 Å². The van der Waals surface area contributed by atoms with E-state index >= 15 is 0 Å². The van der Waals surface area contributed by atoms with Crippen LogP contribution >= 0.6 is 0 Å². The van der Waals surface area contributed by atoms with Crippen LogP contribution in [-0.2, 0) is 4.74 Å². The minimum atomic E-state index is 0.0277. The predicted octanol–water partition coefficient (Wildman–Crippen LogP) is 0.556. The van der Waals surface area contributed by atoms with Gasteiger partial charge < -0.3 is 14.7 Å². The first-order valence-corrected chi connectivity index (χ1v) is 7.46. The van der Waals surface area contributed by atoms with Gasteiger partial charge in [0.15, 0.2) is 0 Å². The number of hydrogen-bond donors (Lipinski definition) is 1. The average Bonchev–Trinajstić information content (AvgIpc) is 3.10. The second kappa shape index (κ2) is 5.45. The molecule has 0 bridgehead atoms. The fourth-order valence-corrected chi connectivity index (χ4v) is 3.78. The molecule has 2 atom stereocenters. The van der Waals surface area contributed by atoms with Crippen molar-refractivity contribution in [3.8, 4) is 0 Å². The van der Waals surface area contributed by atoms with Crippen LogP contribution in [-0.4, -0.2) is 73.5 Å². The fraction of sp³-hybridized carbons (Fsp3) is 1.00. The molecule has 0 aliphatic carbocycles. The lowest BCUT2D eigenvalue weighted by Gasteiger charge is -2.31. The molecule has 1 N–H and O–H groups in total. The van der Waals surface area contributed by atoms with E-state index in [1.807, 2.05) is 0 Å². The van der Waals surface area contributed by atoms with E-state index in [2.05, 4.69) is 9.80 Å². The Bertz CT molecular complexity index is 273. The number of hydrogen-bond acceptors (Lipinski definition) is 4. The van der Waals surface area contributed by atoms with Gasteiger partial charge in [0.1, 0.15) is 0 Å². The third kappa shape index (κ3) is 2.57. The number of aliphatic hydroxyl groups is 1. The monoisotopic (exact) mass is 254 g/mol. The molecule has 0 spiro atoms. The van der Waals surface area contributed by atoms with Crippen LogP contribution in [0.2, 0.25) is 0 Å².